The number of alkyl halides is 3. The van der Waals surface area contributed by atoms with E-state index in [1.807, 2.05) is 18.2 Å². The number of hydrogen-bond donors (Lipinski definition) is 0. The minimum atomic E-state index is 0.0363. The van der Waals surface area contributed by atoms with Gasteiger partial charge in [0.1, 0.15) is 11.5 Å². The second-order valence-corrected chi connectivity index (χ2v) is 6.03. The Morgan fingerprint density at radius 1 is 1.14 bits per heavy atom. The maximum Gasteiger partial charge on any atom is 0.126 e. The van der Waals surface area contributed by atoms with Crippen LogP contribution in [0.5, 0.6) is 0 Å². The van der Waals surface area contributed by atoms with Crippen molar-refractivity contribution in [1.29, 1.82) is 0 Å². The average Bonchev–Trinajstić information content (AvgIpc) is 3.00. The SMILES string of the molecule is CCCc1ccc(C=CC2N(CCl)CN(CCl)CN2CCl)o1. The van der Waals surface area contributed by atoms with Crippen molar-refractivity contribution >= 4 is 40.9 Å². The van der Waals surface area contributed by atoms with Crippen molar-refractivity contribution in [2.45, 2.75) is 25.9 Å². The van der Waals surface area contributed by atoms with E-state index in [9.17, 15) is 0 Å². The molecule has 2 rings (SSSR count). The Labute approximate surface area is 147 Å². The Balaban J connectivity index is 2.08. The number of halogens is 3. The molecule has 1 fully saturated rings. The second kappa shape index (κ2) is 9.16. The van der Waals surface area contributed by atoms with Crippen LogP contribution in [0.3, 0.4) is 0 Å². The molecule has 0 bridgehead atoms. The van der Waals surface area contributed by atoms with E-state index in [2.05, 4.69) is 27.7 Å². The summed E-state index contributed by atoms with van der Waals surface area (Å²) in [4.78, 5) is 6.27. The molecule has 4 nitrogen and oxygen atoms in total. The van der Waals surface area contributed by atoms with Crippen molar-refractivity contribution in [2.75, 3.05) is 31.3 Å². The second-order valence-electron chi connectivity index (χ2n) is 5.32. The van der Waals surface area contributed by atoms with Crippen LogP contribution < -0.4 is 0 Å². The summed E-state index contributed by atoms with van der Waals surface area (Å²) >= 11 is 18.1. The summed E-state index contributed by atoms with van der Waals surface area (Å²) in [6.07, 6.45) is 6.13. The molecule has 0 unspecified atom stereocenters. The maximum absolute atomic E-state index is 6.08. The van der Waals surface area contributed by atoms with Crippen LogP contribution in [0.25, 0.3) is 6.08 Å². The molecule has 22 heavy (non-hydrogen) atoms. The molecule has 0 amide bonds. The fourth-order valence-corrected chi connectivity index (χ4v) is 3.12. The molecule has 0 radical (unpaired) electrons. The van der Waals surface area contributed by atoms with E-state index < -0.39 is 0 Å². The molecule has 1 saturated heterocycles. The molecule has 0 aliphatic carbocycles. The van der Waals surface area contributed by atoms with Crippen molar-refractivity contribution < 1.29 is 4.42 Å². The van der Waals surface area contributed by atoms with Gasteiger partial charge >= 0.3 is 0 Å². The van der Waals surface area contributed by atoms with Crippen molar-refractivity contribution in [1.82, 2.24) is 14.7 Å². The van der Waals surface area contributed by atoms with E-state index in [-0.39, 0.29) is 6.17 Å². The van der Waals surface area contributed by atoms with Gasteiger partial charge in [-0.3, -0.25) is 14.7 Å². The van der Waals surface area contributed by atoms with E-state index in [1.165, 1.54) is 0 Å². The monoisotopic (exact) mass is 365 g/mol. The van der Waals surface area contributed by atoms with E-state index in [0.717, 1.165) is 24.4 Å². The van der Waals surface area contributed by atoms with Crippen molar-refractivity contribution in [3.63, 3.8) is 0 Å². The molecule has 0 aromatic carbocycles. The summed E-state index contributed by atoms with van der Waals surface area (Å²) in [5.41, 5.74) is 0. The third-order valence-electron chi connectivity index (χ3n) is 3.60. The Kier molecular flexibility index (Phi) is 7.54. The van der Waals surface area contributed by atoms with E-state index in [1.54, 1.807) is 0 Å². The molecule has 0 saturated carbocycles. The molecule has 1 aliphatic heterocycles. The fraction of sp³-hybridized carbons (Fsp3) is 0.600. The summed E-state index contributed by atoms with van der Waals surface area (Å²) in [6.45, 7) is 3.57. The molecule has 2 heterocycles. The highest BCUT2D eigenvalue weighted by Crippen LogP contribution is 2.20. The summed E-state index contributed by atoms with van der Waals surface area (Å²) in [7, 11) is 0. The van der Waals surface area contributed by atoms with Gasteiger partial charge in [0.05, 0.1) is 37.5 Å². The molecular formula is C15H22Cl3N3O. The first-order chi connectivity index (χ1) is 10.7. The Morgan fingerprint density at radius 2 is 1.82 bits per heavy atom. The van der Waals surface area contributed by atoms with Gasteiger partial charge < -0.3 is 4.42 Å². The van der Waals surface area contributed by atoms with Crippen molar-refractivity contribution in [2.24, 2.45) is 0 Å². The molecule has 0 atom stereocenters. The fourth-order valence-electron chi connectivity index (χ4n) is 2.54. The van der Waals surface area contributed by atoms with Gasteiger partial charge in [0.15, 0.2) is 0 Å². The van der Waals surface area contributed by atoms with Crippen molar-refractivity contribution in [3.8, 4) is 0 Å². The lowest BCUT2D eigenvalue weighted by molar-refractivity contribution is -0.0367. The zero-order valence-corrected chi connectivity index (χ0v) is 15.0. The molecule has 124 valence electrons. The van der Waals surface area contributed by atoms with E-state index >= 15 is 0 Å². The first kappa shape index (κ1) is 18.1. The lowest BCUT2D eigenvalue weighted by Gasteiger charge is -2.45. The molecule has 0 spiro atoms. The predicted molar refractivity (Wildman–Crippen MR) is 92.9 cm³/mol. The van der Waals surface area contributed by atoms with Crippen LogP contribution in [0.2, 0.25) is 0 Å². The van der Waals surface area contributed by atoms with Crippen LogP contribution >= 0.6 is 34.8 Å². The number of hydrogen-bond acceptors (Lipinski definition) is 4. The van der Waals surface area contributed by atoms with Gasteiger partial charge in [-0.2, -0.15) is 0 Å². The highest BCUT2D eigenvalue weighted by Gasteiger charge is 2.30. The minimum absolute atomic E-state index is 0.0363. The lowest BCUT2D eigenvalue weighted by Crippen LogP contribution is -2.59. The standard InChI is InChI=1S/C15H22Cl3N3O/c1-2-3-13-4-5-14(22-13)6-7-15-20(9-17)11-19(8-16)12-21(15)10-18/h4-7,15H,2-3,8-12H2,1H3. The Morgan fingerprint density at radius 3 is 2.36 bits per heavy atom. The van der Waals surface area contributed by atoms with Gasteiger partial charge in [0, 0.05) is 6.42 Å². The van der Waals surface area contributed by atoms with Crippen LogP contribution in [0.1, 0.15) is 24.9 Å². The molecular weight excluding hydrogens is 345 g/mol. The van der Waals surface area contributed by atoms with Gasteiger partial charge in [-0.1, -0.05) is 6.92 Å². The molecule has 1 aliphatic rings. The molecule has 0 N–H and O–H groups in total. The van der Waals surface area contributed by atoms with Crippen LogP contribution in [0, 0.1) is 0 Å². The predicted octanol–water partition coefficient (Wildman–Crippen LogP) is 3.99. The maximum atomic E-state index is 6.08. The normalized spacial score (nSPS) is 19.5. The van der Waals surface area contributed by atoms with E-state index in [4.69, 9.17) is 39.2 Å². The van der Waals surface area contributed by atoms with Gasteiger partial charge in [-0.15, -0.1) is 34.8 Å². The smallest absolute Gasteiger partial charge is 0.126 e. The number of rotatable bonds is 7. The highest BCUT2D eigenvalue weighted by atomic mass is 35.5. The number of aryl methyl sites for hydroxylation is 1. The van der Waals surface area contributed by atoms with Crippen molar-refractivity contribution in [3.05, 3.63) is 29.7 Å². The van der Waals surface area contributed by atoms with Crippen LogP contribution in [-0.2, 0) is 6.42 Å². The number of furan rings is 1. The molecule has 7 heteroatoms. The quantitative estimate of drug-likeness (QED) is 0.537. The minimum Gasteiger partial charge on any atom is -0.462 e. The summed E-state index contributed by atoms with van der Waals surface area (Å²) < 4.78 is 5.77. The third-order valence-corrected chi connectivity index (χ3v) is 4.55. The highest BCUT2D eigenvalue weighted by molar-refractivity contribution is 6.18. The zero-order chi connectivity index (χ0) is 15.9. The summed E-state index contributed by atoms with van der Waals surface area (Å²) in [5, 5.41) is 0. The number of nitrogens with zero attached hydrogens (tertiary/aromatic N) is 3. The molecule has 1 aromatic heterocycles. The average molecular weight is 367 g/mol. The molecule has 1 aromatic rings. The summed E-state index contributed by atoms with van der Waals surface area (Å²) in [5.74, 6) is 1.87. The van der Waals surface area contributed by atoms with Crippen LogP contribution in [0.15, 0.2) is 22.6 Å². The first-order valence-electron chi connectivity index (χ1n) is 7.37. The van der Waals surface area contributed by atoms with Crippen LogP contribution in [0.4, 0.5) is 0 Å². The van der Waals surface area contributed by atoms with Gasteiger partial charge in [0.25, 0.3) is 0 Å². The zero-order valence-electron chi connectivity index (χ0n) is 12.7. The first-order valence-corrected chi connectivity index (χ1v) is 8.97. The summed E-state index contributed by atoms with van der Waals surface area (Å²) in [6, 6.07) is 5.29. The Bertz CT molecular complexity index is 466. The van der Waals surface area contributed by atoms with Crippen LogP contribution in [-0.4, -0.2) is 52.2 Å². The van der Waals surface area contributed by atoms with Gasteiger partial charge in [-0.05, 0) is 30.7 Å². The van der Waals surface area contributed by atoms with E-state index in [0.29, 0.717) is 31.3 Å². The largest absolute Gasteiger partial charge is 0.462 e. The van der Waals surface area contributed by atoms with Gasteiger partial charge in [0.2, 0.25) is 0 Å². The van der Waals surface area contributed by atoms with Gasteiger partial charge in [-0.25, -0.2) is 0 Å². The Hall–Kier alpha value is -0.230. The third kappa shape index (κ3) is 4.63. The lowest BCUT2D eigenvalue weighted by atomic mass is 10.3. The topological polar surface area (TPSA) is 22.9 Å².